The van der Waals surface area contributed by atoms with Gasteiger partial charge in [0, 0.05) is 10.0 Å². The van der Waals surface area contributed by atoms with Gasteiger partial charge in [-0.3, -0.25) is 0 Å². The number of hydrogen-bond donors (Lipinski definition) is 0. The molecule has 0 saturated heterocycles. The van der Waals surface area contributed by atoms with E-state index in [9.17, 15) is 0 Å². The second-order valence-corrected chi connectivity index (χ2v) is 3.09. The van der Waals surface area contributed by atoms with Crippen molar-refractivity contribution >= 4 is 27.5 Å². The molecule has 0 N–H and O–H groups in total. The van der Waals surface area contributed by atoms with E-state index in [0.717, 1.165) is 10.0 Å². The predicted molar refractivity (Wildman–Crippen MR) is 47.1 cm³/mol. The van der Waals surface area contributed by atoms with Crippen molar-refractivity contribution in [3.8, 4) is 12.3 Å². The van der Waals surface area contributed by atoms with Crippen molar-refractivity contribution in [1.29, 1.82) is 0 Å². The van der Waals surface area contributed by atoms with Crippen LogP contribution < -0.4 is 0 Å². The van der Waals surface area contributed by atoms with Crippen molar-refractivity contribution in [2.45, 2.75) is 0 Å². The van der Waals surface area contributed by atoms with Crippen LogP contribution in [0.1, 0.15) is 5.56 Å². The van der Waals surface area contributed by atoms with Gasteiger partial charge in [-0.2, -0.15) is 0 Å². The molecule has 0 heterocycles. The number of halogens is 2. The molecule has 0 aromatic heterocycles. The van der Waals surface area contributed by atoms with E-state index >= 15 is 0 Å². The van der Waals surface area contributed by atoms with Crippen LogP contribution in [0.2, 0.25) is 5.02 Å². The van der Waals surface area contributed by atoms with Crippen LogP contribution in [-0.2, 0) is 0 Å². The Bertz CT molecular complexity index is 286. The summed E-state index contributed by atoms with van der Waals surface area (Å²) >= 11 is 9.03. The van der Waals surface area contributed by atoms with Gasteiger partial charge in [0.05, 0.1) is 5.02 Å². The molecule has 50 valence electrons. The van der Waals surface area contributed by atoms with Gasteiger partial charge in [0.15, 0.2) is 0 Å². The monoisotopic (exact) mass is 214 g/mol. The minimum Gasteiger partial charge on any atom is -0.115 e. The van der Waals surface area contributed by atoms with Gasteiger partial charge in [0.2, 0.25) is 0 Å². The number of benzene rings is 1. The lowest BCUT2D eigenvalue weighted by atomic mass is 10.2. The van der Waals surface area contributed by atoms with E-state index in [1.165, 1.54) is 0 Å². The molecule has 0 fully saturated rings. The van der Waals surface area contributed by atoms with Crippen LogP contribution in [0.15, 0.2) is 22.7 Å². The van der Waals surface area contributed by atoms with Gasteiger partial charge in [0.1, 0.15) is 0 Å². The van der Waals surface area contributed by atoms with E-state index in [1.54, 1.807) is 12.1 Å². The van der Waals surface area contributed by atoms with Crippen molar-refractivity contribution in [1.82, 2.24) is 0 Å². The Morgan fingerprint density at radius 2 is 2.20 bits per heavy atom. The van der Waals surface area contributed by atoms with E-state index in [1.807, 2.05) is 6.07 Å². The van der Waals surface area contributed by atoms with E-state index < -0.39 is 0 Å². The summed E-state index contributed by atoms with van der Waals surface area (Å²) in [7, 11) is 0. The summed E-state index contributed by atoms with van der Waals surface area (Å²) in [4.78, 5) is 0. The third kappa shape index (κ3) is 1.53. The average molecular weight is 215 g/mol. The fourth-order valence-corrected chi connectivity index (χ4v) is 1.33. The zero-order chi connectivity index (χ0) is 7.56. The van der Waals surface area contributed by atoms with Crippen molar-refractivity contribution in [2.75, 3.05) is 0 Å². The summed E-state index contributed by atoms with van der Waals surface area (Å²) < 4.78 is 0.941. The van der Waals surface area contributed by atoms with Crippen molar-refractivity contribution in [2.24, 2.45) is 0 Å². The first-order valence-electron chi connectivity index (χ1n) is 2.65. The van der Waals surface area contributed by atoms with Gasteiger partial charge in [-0.05, 0) is 18.2 Å². The smallest absolute Gasteiger partial charge is 0.0573 e. The Labute approximate surface area is 73.3 Å². The van der Waals surface area contributed by atoms with Crippen molar-refractivity contribution in [3.05, 3.63) is 33.3 Å². The fourth-order valence-electron chi connectivity index (χ4n) is 0.607. The van der Waals surface area contributed by atoms with E-state index in [-0.39, 0.29) is 0 Å². The molecule has 0 amide bonds. The van der Waals surface area contributed by atoms with Crippen LogP contribution in [0, 0.1) is 12.3 Å². The normalized spacial score (nSPS) is 8.90. The molecule has 1 aromatic rings. The Hall–Kier alpha value is -0.450. The number of hydrogen-bond acceptors (Lipinski definition) is 0. The minimum absolute atomic E-state index is 0.608. The second-order valence-electron chi connectivity index (χ2n) is 1.77. The molecule has 1 rings (SSSR count). The summed E-state index contributed by atoms with van der Waals surface area (Å²) in [6.07, 6.45) is 5.15. The second kappa shape index (κ2) is 3.09. The van der Waals surface area contributed by atoms with Gasteiger partial charge >= 0.3 is 0 Å². The molecule has 0 aliphatic carbocycles. The van der Waals surface area contributed by atoms with Crippen molar-refractivity contribution in [3.63, 3.8) is 0 Å². The van der Waals surface area contributed by atoms with Crippen LogP contribution in [0.3, 0.4) is 0 Å². The summed E-state index contributed by atoms with van der Waals surface area (Å²) in [6.45, 7) is 0. The summed E-state index contributed by atoms with van der Waals surface area (Å²) in [5.41, 5.74) is 0.727. The van der Waals surface area contributed by atoms with Crippen molar-refractivity contribution < 1.29 is 0 Å². The SMILES string of the molecule is C#Cc1ccc(Br)cc1Cl. The van der Waals surface area contributed by atoms with Crippen LogP contribution >= 0.6 is 27.5 Å². The topological polar surface area (TPSA) is 0 Å². The lowest BCUT2D eigenvalue weighted by Gasteiger charge is -1.94. The first-order valence-corrected chi connectivity index (χ1v) is 3.83. The molecular formula is C8H4BrCl. The van der Waals surface area contributed by atoms with Crippen LogP contribution in [0.5, 0.6) is 0 Å². The van der Waals surface area contributed by atoms with Crippen LogP contribution in [0.4, 0.5) is 0 Å². The first-order chi connectivity index (χ1) is 4.74. The molecule has 0 nitrogen and oxygen atoms in total. The minimum atomic E-state index is 0.608. The van der Waals surface area contributed by atoms with E-state index in [4.69, 9.17) is 18.0 Å². The highest BCUT2D eigenvalue weighted by molar-refractivity contribution is 9.10. The zero-order valence-electron chi connectivity index (χ0n) is 5.07. The largest absolute Gasteiger partial charge is 0.115 e. The summed E-state index contributed by atoms with van der Waals surface area (Å²) in [5.74, 6) is 2.47. The van der Waals surface area contributed by atoms with Gasteiger partial charge in [-0.25, -0.2) is 0 Å². The molecule has 0 radical (unpaired) electrons. The Kier molecular flexibility index (Phi) is 2.37. The molecule has 0 aliphatic rings. The third-order valence-electron chi connectivity index (χ3n) is 1.09. The van der Waals surface area contributed by atoms with Gasteiger partial charge < -0.3 is 0 Å². The average Bonchev–Trinajstić information content (AvgIpc) is 1.88. The highest BCUT2D eigenvalue weighted by atomic mass is 79.9. The van der Waals surface area contributed by atoms with E-state index in [0.29, 0.717) is 5.02 Å². The maximum atomic E-state index is 5.76. The molecule has 1 aromatic carbocycles. The third-order valence-corrected chi connectivity index (χ3v) is 1.89. The lowest BCUT2D eigenvalue weighted by Crippen LogP contribution is -1.74. The quantitative estimate of drug-likeness (QED) is 0.584. The molecule has 2 heteroatoms. The highest BCUT2D eigenvalue weighted by Gasteiger charge is 1.95. The van der Waals surface area contributed by atoms with Crippen LogP contribution in [0.25, 0.3) is 0 Å². The van der Waals surface area contributed by atoms with Gasteiger partial charge in [-0.1, -0.05) is 33.5 Å². The van der Waals surface area contributed by atoms with Gasteiger partial charge in [0.25, 0.3) is 0 Å². The highest BCUT2D eigenvalue weighted by Crippen LogP contribution is 2.19. The zero-order valence-corrected chi connectivity index (χ0v) is 7.41. The molecule has 0 saturated carbocycles. The molecule has 0 spiro atoms. The molecule has 0 atom stereocenters. The van der Waals surface area contributed by atoms with Gasteiger partial charge in [-0.15, -0.1) is 6.42 Å². The fraction of sp³-hybridized carbons (Fsp3) is 0. The lowest BCUT2D eigenvalue weighted by molar-refractivity contribution is 1.60. The maximum Gasteiger partial charge on any atom is 0.0573 e. The molecule has 0 bridgehead atoms. The van der Waals surface area contributed by atoms with E-state index in [2.05, 4.69) is 21.9 Å². The predicted octanol–water partition coefficient (Wildman–Crippen LogP) is 3.08. The molecule has 10 heavy (non-hydrogen) atoms. The Morgan fingerprint density at radius 3 is 2.70 bits per heavy atom. The van der Waals surface area contributed by atoms with Crippen LogP contribution in [-0.4, -0.2) is 0 Å². The summed E-state index contributed by atoms with van der Waals surface area (Å²) in [6, 6.07) is 5.43. The Balaban J connectivity index is 3.23. The summed E-state index contributed by atoms with van der Waals surface area (Å²) in [5, 5.41) is 0.608. The Morgan fingerprint density at radius 1 is 1.50 bits per heavy atom. The molecule has 0 unspecified atom stereocenters. The maximum absolute atomic E-state index is 5.76. The molecule has 0 aliphatic heterocycles. The first kappa shape index (κ1) is 7.65. The number of rotatable bonds is 0. The standard InChI is InChI=1S/C8H4BrCl/c1-2-6-3-4-7(9)5-8(6)10/h1,3-5H. The number of terminal acetylenes is 1. The molecular weight excluding hydrogens is 211 g/mol.